The molecule has 11 atom stereocenters. The smallest absolute Gasteiger partial charge is 0.339 e. The number of hydrogen-bond acceptors (Lipinski definition) is 10. The first kappa shape index (κ1) is 29.2. The van der Waals surface area contributed by atoms with Crippen LogP contribution in [0.1, 0.15) is 92.7 Å². The molecule has 0 bridgehead atoms. The van der Waals surface area contributed by atoms with Gasteiger partial charge in [-0.25, -0.2) is 4.79 Å². The first-order valence-corrected chi connectivity index (χ1v) is 15.0. The van der Waals surface area contributed by atoms with Crippen LogP contribution in [0.2, 0.25) is 0 Å². The first-order chi connectivity index (χ1) is 19.5. The summed E-state index contributed by atoms with van der Waals surface area (Å²) in [5.74, 6) is -2.01. The average molecular weight is 587 g/mol. The summed E-state index contributed by atoms with van der Waals surface area (Å²) in [6.45, 7) is 14.7. The number of cyclic esters (lactones) is 1. The van der Waals surface area contributed by atoms with E-state index in [1.807, 2.05) is 6.07 Å². The van der Waals surface area contributed by atoms with Crippen molar-refractivity contribution in [2.75, 3.05) is 0 Å². The summed E-state index contributed by atoms with van der Waals surface area (Å²) in [5.41, 5.74) is -2.88. The fourth-order valence-electron chi connectivity index (χ4n) is 10.6. The van der Waals surface area contributed by atoms with E-state index in [2.05, 4.69) is 34.6 Å². The van der Waals surface area contributed by atoms with E-state index in [0.29, 0.717) is 25.7 Å². The van der Waals surface area contributed by atoms with Gasteiger partial charge in [-0.3, -0.25) is 14.4 Å². The summed E-state index contributed by atoms with van der Waals surface area (Å²) in [6.07, 6.45) is 2.16. The third kappa shape index (κ3) is 3.53. The Balaban J connectivity index is 1.54. The van der Waals surface area contributed by atoms with Crippen molar-refractivity contribution >= 4 is 23.9 Å². The Kier molecular flexibility index (Phi) is 6.30. The predicted molar refractivity (Wildman–Crippen MR) is 145 cm³/mol. The minimum atomic E-state index is -0.994. The number of carbonyl (C=O) groups excluding carboxylic acids is 4. The largest absolute Gasteiger partial charge is 0.472 e. The molecule has 3 heterocycles. The molecule has 0 N–H and O–H groups in total. The second-order valence-corrected chi connectivity index (χ2v) is 14.4. The van der Waals surface area contributed by atoms with E-state index in [9.17, 15) is 19.2 Å². The molecule has 42 heavy (non-hydrogen) atoms. The maximum absolute atomic E-state index is 13.5. The van der Waals surface area contributed by atoms with Gasteiger partial charge in [0.1, 0.15) is 30.0 Å². The van der Waals surface area contributed by atoms with Crippen LogP contribution in [0.15, 0.2) is 23.0 Å². The monoisotopic (exact) mass is 586 g/mol. The van der Waals surface area contributed by atoms with Gasteiger partial charge in [-0.05, 0) is 37.2 Å². The van der Waals surface area contributed by atoms with Gasteiger partial charge in [-0.2, -0.15) is 0 Å². The lowest BCUT2D eigenvalue weighted by Gasteiger charge is -2.71. The highest BCUT2D eigenvalue weighted by molar-refractivity contribution is 5.82. The molecule has 7 unspecified atom stereocenters. The van der Waals surface area contributed by atoms with Gasteiger partial charge < -0.3 is 28.1 Å². The molecule has 5 aliphatic rings. The molecule has 0 aromatic carbocycles. The number of carbonyl (C=O) groups is 4. The first-order valence-electron chi connectivity index (χ1n) is 15.0. The highest BCUT2D eigenvalue weighted by atomic mass is 16.7. The van der Waals surface area contributed by atoms with Crippen molar-refractivity contribution < 1.29 is 47.3 Å². The molecule has 0 amide bonds. The topological polar surface area (TPSA) is 131 Å². The van der Waals surface area contributed by atoms with Crippen molar-refractivity contribution in [3.63, 3.8) is 0 Å². The van der Waals surface area contributed by atoms with E-state index < -0.39 is 81.7 Å². The minimum Gasteiger partial charge on any atom is -0.472 e. The molecule has 5 fully saturated rings. The van der Waals surface area contributed by atoms with Crippen molar-refractivity contribution in [1.82, 2.24) is 0 Å². The number of rotatable bonds is 4. The molecule has 0 radical (unpaired) electrons. The summed E-state index contributed by atoms with van der Waals surface area (Å²) >= 11 is 0. The lowest BCUT2D eigenvalue weighted by atomic mass is 9.34. The molecule has 6 rings (SSSR count). The molecule has 2 saturated heterocycles. The maximum Gasteiger partial charge on any atom is 0.339 e. The summed E-state index contributed by atoms with van der Waals surface area (Å²) in [7, 11) is 0. The summed E-state index contributed by atoms with van der Waals surface area (Å²) in [4.78, 5) is 50.9. The fraction of sp³-hybridized carbons (Fsp3) is 0.750. The zero-order valence-electron chi connectivity index (χ0n) is 25.7. The van der Waals surface area contributed by atoms with Crippen LogP contribution in [-0.2, 0) is 42.9 Å². The van der Waals surface area contributed by atoms with E-state index in [1.165, 1.54) is 20.8 Å². The molecular weight excluding hydrogens is 544 g/mol. The lowest BCUT2D eigenvalue weighted by molar-refractivity contribution is -0.298. The van der Waals surface area contributed by atoms with E-state index in [-0.39, 0.29) is 11.8 Å². The third-order valence-electron chi connectivity index (χ3n) is 12.2. The Morgan fingerprint density at radius 2 is 1.45 bits per heavy atom. The average Bonchev–Trinajstić information content (AvgIpc) is 3.45. The highest BCUT2D eigenvalue weighted by Gasteiger charge is 2.89. The normalized spacial score (nSPS) is 46.5. The van der Waals surface area contributed by atoms with Crippen LogP contribution in [0.5, 0.6) is 0 Å². The van der Waals surface area contributed by atoms with Crippen LogP contribution in [-0.4, -0.2) is 53.9 Å². The minimum absolute atomic E-state index is 0.159. The summed E-state index contributed by atoms with van der Waals surface area (Å²) in [6, 6.07) is 1.81. The van der Waals surface area contributed by atoms with Gasteiger partial charge in [0.25, 0.3) is 0 Å². The number of fused-ring (bicyclic) bond motifs is 3. The summed E-state index contributed by atoms with van der Waals surface area (Å²) < 4.78 is 36.2. The Bertz CT molecular complexity index is 1320. The van der Waals surface area contributed by atoms with Gasteiger partial charge in [0.05, 0.1) is 12.5 Å². The van der Waals surface area contributed by atoms with Crippen LogP contribution >= 0.6 is 0 Å². The van der Waals surface area contributed by atoms with Crippen LogP contribution in [0.25, 0.3) is 0 Å². The maximum atomic E-state index is 13.5. The van der Waals surface area contributed by atoms with Crippen molar-refractivity contribution in [1.29, 1.82) is 0 Å². The molecule has 1 aromatic heterocycles. The van der Waals surface area contributed by atoms with Crippen LogP contribution < -0.4 is 0 Å². The second kappa shape index (κ2) is 9.07. The van der Waals surface area contributed by atoms with Gasteiger partial charge in [-0.1, -0.05) is 34.6 Å². The van der Waals surface area contributed by atoms with E-state index in [1.54, 1.807) is 12.5 Å². The molecule has 10 nitrogen and oxygen atoms in total. The highest BCUT2D eigenvalue weighted by Crippen LogP contribution is 2.80. The molecule has 3 saturated carbocycles. The molecule has 230 valence electrons. The fourth-order valence-corrected chi connectivity index (χ4v) is 10.6. The summed E-state index contributed by atoms with van der Waals surface area (Å²) in [5, 5.41) is 0. The molecule has 10 heteroatoms. The van der Waals surface area contributed by atoms with Crippen LogP contribution in [0.3, 0.4) is 0 Å². The Labute approximate surface area is 246 Å². The van der Waals surface area contributed by atoms with E-state index >= 15 is 0 Å². The number of furan rings is 1. The zero-order chi connectivity index (χ0) is 30.6. The zero-order valence-corrected chi connectivity index (χ0v) is 25.7. The molecular formula is C32H42O10. The number of epoxide rings is 1. The number of hydrogen-bond donors (Lipinski definition) is 0. The molecule has 1 aromatic rings. The standard InChI is InChI=1S/C32H42O10/c1-16(33)38-22-14-23(39-17(2)34)30(7)20-9-11-29(6)25(19-10-12-37-15-19)41-27(36)26-32(29,42-26)31(20,8)24(40-18(3)35)13-21(30)28(22,4)5/h10,12,15,20-26H,9,11,13-14H2,1-8H3/t20?,21?,22?,23?,24?,25?,26?,29-,30-,31-,32-/m0/s1. The van der Waals surface area contributed by atoms with E-state index in [4.69, 9.17) is 28.1 Å². The Hall–Kier alpha value is -2.88. The molecule has 1 spiro atoms. The SMILES string of the molecule is CC(=O)OC1CC(OC(C)=O)[C@]2(C)C(CC(OC(C)=O)[C@]3(C)C2CC[C@@]2(C)C(c4ccoc4)OC(=O)C4O[C@]432)C1(C)C. The second-order valence-electron chi connectivity index (χ2n) is 14.4. The van der Waals surface area contributed by atoms with Crippen molar-refractivity contribution in [3.8, 4) is 0 Å². The van der Waals surface area contributed by atoms with Crippen LogP contribution in [0.4, 0.5) is 0 Å². The van der Waals surface area contributed by atoms with E-state index in [0.717, 1.165) is 5.56 Å². The van der Waals surface area contributed by atoms with Gasteiger partial charge in [0.2, 0.25) is 0 Å². The Morgan fingerprint density at radius 3 is 2.05 bits per heavy atom. The Morgan fingerprint density at radius 1 is 0.833 bits per heavy atom. The number of ether oxygens (including phenoxy) is 5. The van der Waals surface area contributed by atoms with Crippen molar-refractivity contribution in [3.05, 3.63) is 24.2 Å². The predicted octanol–water partition coefficient (Wildman–Crippen LogP) is 4.69. The molecule has 2 aliphatic heterocycles. The van der Waals surface area contributed by atoms with Crippen molar-refractivity contribution in [2.45, 2.75) is 117 Å². The third-order valence-corrected chi connectivity index (χ3v) is 12.2. The molecule has 3 aliphatic carbocycles. The van der Waals surface area contributed by atoms with Crippen LogP contribution in [0, 0.1) is 33.5 Å². The quantitative estimate of drug-likeness (QED) is 0.278. The van der Waals surface area contributed by atoms with Gasteiger partial charge in [0, 0.05) is 54.4 Å². The number of esters is 4. The lowest BCUT2D eigenvalue weighted by Crippen LogP contribution is -2.75. The van der Waals surface area contributed by atoms with Gasteiger partial charge in [-0.15, -0.1) is 0 Å². The van der Waals surface area contributed by atoms with Gasteiger partial charge >= 0.3 is 23.9 Å². The van der Waals surface area contributed by atoms with Gasteiger partial charge in [0.15, 0.2) is 6.10 Å². The van der Waals surface area contributed by atoms with Crippen molar-refractivity contribution in [2.24, 2.45) is 33.5 Å².